The highest BCUT2D eigenvalue weighted by Crippen LogP contribution is 2.30. The zero-order valence-corrected chi connectivity index (χ0v) is 22.8. The summed E-state index contributed by atoms with van der Waals surface area (Å²) >= 11 is 0. The number of anilines is 1. The average Bonchev–Trinajstić information content (AvgIpc) is 2.77. The molecule has 1 amide bonds. The van der Waals surface area contributed by atoms with Gasteiger partial charge in [0.05, 0.1) is 11.8 Å². The molecule has 0 unspecified atom stereocenters. The first-order valence-electron chi connectivity index (χ1n) is 12.4. The number of ether oxygens (including phenoxy) is 1. The molecule has 0 aromatic heterocycles. The molecule has 1 fully saturated rings. The molecule has 0 saturated carbocycles. The van der Waals surface area contributed by atoms with Crippen LogP contribution in [0.25, 0.3) is 0 Å². The number of aryl methyl sites for hydroxylation is 1. The molecule has 1 aromatic carbocycles. The minimum absolute atomic E-state index is 0.0276. The number of carbonyl (C=O) groups excluding carboxylic acids is 1. The van der Waals surface area contributed by atoms with Gasteiger partial charge in [0, 0.05) is 25.8 Å². The fourth-order valence-corrected chi connectivity index (χ4v) is 4.12. The summed E-state index contributed by atoms with van der Waals surface area (Å²) in [7, 11) is 4.19. The third-order valence-electron chi connectivity index (χ3n) is 5.75. The molecule has 0 spiro atoms. The number of hydrogen-bond donors (Lipinski definition) is 1. The highest BCUT2D eigenvalue weighted by molar-refractivity contribution is 6.38. The summed E-state index contributed by atoms with van der Waals surface area (Å²) < 4.78 is 6.02. The zero-order chi connectivity index (χ0) is 26.1. The van der Waals surface area contributed by atoms with E-state index in [1.807, 2.05) is 57.7 Å². The predicted molar refractivity (Wildman–Crippen MR) is 148 cm³/mol. The number of likely N-dealkylation sites (tertiary alicyclic amines) is 1. The lowest BCUT2D eigenvalue weighted by Crippen LogP contribution is -2.43. The summed E-state index contributed by atoms with van der Waals surface area (Å²) in [5.41, 5.74) is 3.58. The largest absolute Gasteiger partial charge is 0.489 e. The van der Waals surface area contributed by atoms with Crippen LogP contribution in [0.1, 0.15) is 53.0 Å². The Bertz CT molecular complexity index is 983. The van der Waals surface area contributed by atoms with E-state index in [2.05, 4.69) is 35.9 Å². The molecule has 192 valence electrons. The minimum atomic E-state index is -0.0361. The Balaban J connectivity index is 2.33. The maximum atomic E-state index is 13.2. The monoisotopic (exact) mass is 481 g/mol. The number of aliphatic imine (C=N–C) groups is 2. The van der Waals surface area contributed by atoms with Crippen molar-refractivity contribution in [2.45, 2.75) is 60.5 Å². The Morgan fingerprint density at radius 2 is 1.94 bits per heavy atom. The van der Waals surface area contributed by atoms with Gasteiger partial charge in [-0.25, -0.2) is 9.98 Å². The van der Waals surface area contributed by atoms with E-state index < -0.39 is 0 Å². The van der Waals surface area contributed by atoms with E-state index >= 15 is 0 Å². The van der Waals surface area contributed by atoms with Crippen LogP contribution >= 0.6 is 0 Å². The number of nitrogens with zero attached hydrogens (tertiary/aromatic N) is 4. The molecule has 7 heteroatoms. The van der Waals surface area contributed by atoms with Crippen molar-refractivity contribution in [2.24, 2.45) is 15.9 Å². The summed E-state index contributed by atoms with van der Waals surface area (Å²) in [6, 6.07) is 5.98. The van der Waals surface area contributed by atoms with E-state index in [4.69, 9.17) is 9.73 Å². The van der Waals surface area contributed by atoms with Gasteiger partial charge in [0.25, 0.3) is 5.91 Å². The number of amides is 1. The molecule has 35 heavy (non-hydrogen) atoms. The lowest BCUT2D eigenvalue weighted by atomic mass is 9.96. The molecule has 1 heterocycles. The van der Waals surface area contributed by atoms with Crippen molar-refractivity contribution in [1.82, 2.24) is 9.80 Å². The molecular formula is C28H43N5O2. The van der Waals surface area contributed by atoms with E-state index in [0.717, 1.165) is 49.5 Å². The lowest BCUT2D eigenvalue weighted by molar-refractivity contribution is -0.125. The maximum absolute atomic E-state index is 13.2. The van der Waals surface area contributed by atoms with Crippen molar-refractivity contribution in [3.63, 3.8) is 0 Å². The third-order valence-corrected chi connectivity index (χ3v) is 5.75. The number of hydrogen-bond acceptors (Lipinski definition) is 6. The topological polar surface area (TPSA) is 69.5 Å². The van der Waals surface area contributed by atoms with E-state index in [-0.39, 0.29) is 12.0 Å². The summed E-state index contributed by atoms with van der Waals surface area (Å²) in [6.07, 6.45) is 3.75. The zero-order valence-electron chi connectivity index (χ0n) is 22.8. The van der Waals surface area contributed by atoms with Gasteiger partial charge in [-0.3, -0.25) is 4.79 Å². The van der Waals surface area contributed by atoms with Gasteiger partial charge < -0.3 is 19.9 Å². The Kier molecular flexibility index (Phi) is 10.7. The van der Waals surface area contributed by atoms with Gasteiger partial charge in [-0.15, -0.1) is 0 Å². The number of piperidine rings is 1. The molecule has 1 aliphatic heterocycles. The van der Waals surface area contributed by atoms with Gasteiger partial charge in [0.2, 0.25) is 0 Å². The number of nitrogens with one attached hydrogen (secondary N) is 1. The van der Waals surface area contributed by atoms with Crippen LogP contribution in [-0.2, 0) is 4.79 Å². The van der Waals surface area contributed by atoms with Crippen LogP contribution in [0.3, 0.4) is 0 Å². The second kappa shape index (κ2) is 13.2. The van der Waals surface area contributed by atoms with Crippen molar-refractivity contribution >= 4 is 23.5 Å². The molecule has 2 rings (SSSR count). The predicted octanol–water partition coefficient (Wildman–Crippen LogP) is 5.29. The number of rotatable bonds is 10. The SMILES string of the molecule is C=C(C)C(/N=C(\C)C(=O)N1CCC(CN(C)C)CC1)=C(\N=C/C)Nc1ccc(C)cc1OC(C)C. The van der Waals surface area contributed by atoms with Gasteiger partial charge in [-0.05, 0) is 97.7 Å². The van der Waals surface area contributed by atoms with Crippen molar-refractivity contribution in [1.29, 1.82) is 0 Å². The fraction of sp³-hybridized carbons (Fsp3) is 0.536. The highest BCUT2D eigenvalue weighted by atomic mass is 16.5. The van der Waals surface area contributed by atoms with E-state index in [1.165, 1.54) is 0 Å². The van der Waals surface area contributed by atoms with Gasteiger partial charge in [-0.1, -0.05) is 12.6 Å². The van der Waals surface area contributed by atoms with Crippen LogP contribution < -0.4 is 10.1 Å². The highest BCUT2D eigenvalue weighted by Gasteiger charge is 2.25. The van der Waals surface area contributed by atoms with Gasteiger partial charge >= 0.3 is 0 Å². The molecule has 0 bridgehead atoms. The lowest BCUT2D eigenvalue weighted by Gasteiger charge is -2.33. The molecule has 0 radical (unpaired) electrons. The second-order valence-corrected chi connectivity index (χ2v) is 9.85. The first-order valence-corrected chi connectivity index (χ1v) is 12.4. The van der Waals surface area contributed by atoms with E-state index in [0.29, 0.717) is 28.7 Å². The molecule has 1 saturated heterocycles. The van der Waals surface area contributed by atoms with Crippen LogP contribution in [0, 0.1) is 12.8 Å². The molecule has 1 N–H and O–H groups in total. The average molecular weight is 482 g/mol. The quantitative estimate of drug-likeness (QED) is 0.364. The van der Waals surface area contributed by atoms with Crippen molar-refractivity contribution in [3.05, 3.63) is 47.4 Å². The van der Waals surface area contributed by atoms with Crippen LogP contribution in [0.5, 0.6) is 5.75 Å². The fourth-order valence-electron chi connectivity index (χ4n) is 4.12. The molecule has 1 aromatic rings. The van der Waals surface area contributed by atoms with Crippen LogP contribution in [-0.4, -0.2) is 67.5 Å². The van der Waals surface area contributed by atoms with Gasteiger partial charge in [-0.2, -0.15) is 0 Å². The smallest absolute Gasteiger partial charge is 0.267 e. The van der Waals surface area contributed by atoms with Gasteiger partial charge in [0.1, 0.15) is 17.2 Å². The first kappa shape index (κ1) is 28.3. The molecular weight excluding hydrogens is 438 g/mol. The van der Waals surface area contributed by atoms with Crippen molar-refractivity contribution < 1.29 is 9.53 Å². The second-order valence-electron chi connectivity index (χ2n) is 9.85. The Morgan fingerprint density at radius 3 is 2.49 bits per heavy atom. The van der Waals surface area contributed by atoms with Crippen molar-refractivity contribution in [2.75, 3.05) is 39.0 Å². The summed E-state index contributed by atoms with van der Waals surface area (Å²) in [6.45, 7) is 18.2. The minimum Gasteiger partial charge on any atom is -0.489 e. The molecule has 1 aliphatic rings. The molecule has 0 atom stereocenters. The molecule has 7 nitrogen and oxygen atoms in total. The third kappa shape index (κ3) is 8.66. The first-order chi connectivity index (χ1) is 16.5. The number of carbonyl (C=O) groups is 1. The number of allylic oxidation sites excluding steroid dienone is 1. The van der Waals surface area contributed by atoms with Crippen LogP contribution in [0.2, 0.25) is 0 Å². The number of benzene rings is 1. The van der Waals surface area contributed by atoms with Gasteiger partial charge in [0.15, 0.2) is 5.82 Å². The van der Waals surface area contributed by atoms with Crippen LogP contribution in [0.4, 0.5) is 5.69 Å². The Hall–Kier alpha value is -2.93. The van der Waals surface area contributed by atoms with Crippen LogP contribution in [0.15, 0.2) is 51.9 Å². The normalized spacial score (nSPS) is 16.2. The Labute approximate surface area is 211 Å². The Morgan fingerprint density at radius 1 is 1.29 bits per heavy atom. The molecule has 0 aliphatic carbocycles. The summed E-state index contributed by atoms with van der Waals surface area (Å²) in [5, 5.41) is 3.37. The van der Waals surface area contributed by atoms with E-state index in [9.17, 15) is 4.79 Å². The van der Waals surface area contributed by atoms with Crippen molar-refractivity contribution in [3.8, 4) is 5.75 Å². The summed E-state index contributed by atoms with van der Waals surface area (Å²) in [5.74, 6) is 1.85. The van der Waals surface area contributed by atoms with E-state index in [1.54, 1.807) is 13.1 Å². The maximum Gasteiger partial charge on any atom is 0.267 e. The summed E-state index contributed by atoms with van der Waals surface area (Å²) in [4.78, 5) is 26.6. The standard InChI is InChI=1S/C28H43N5O2/c1-10-29-27(31-24-12-11-21(6)17-25(24)35-20(4)5)26(19(2)3)30-22(7)28(34)33-15-13-23(14-16-33)18-32(8)9/h10-12,17,20,23,31H,2,13-16,18H2,1,3-9H3/b27-26-,29-10-,30-22+.